The summed E-state index contributed by atoms with van der Waals surface area (Å²) in [7, 11) is -2.79. The maximum absolute atomic E-state index is 11.1. The molecule has 0 atom stereocenters. The van der Waals surface area contributed by atoms with E-state index in [0.717, 1.165) is 19.7 Å². The molecule has 0 radical (unpaired) electrons. The SMILES string of the molecule is CCOCCNCCCS(=O)(=O)CC. The van der Waals surface area contributed by atoms with Crippen molar-refractivity contribution in [1.82, 2.24) is 5.32 Å². The number of ether oxygens (including phenoxy) is 1. The van der Waals surface area contributed by atoms with Crippen LogP contribution in [0.15, 0.2) is 0 Å². The smallest absolute Gasteiger partial charge is 0.150 e. The van der Waals surface area contributed by atoms with Gasteiger partial charge in [0, 0.05) is 18.9 Å². The average molecular weight is 223 g/mol. The molecule has 0 aliphatic heterocycles. The van der Waals surface area contributed by atoms with Crippen LogP contribution in [0.25, 0.3) is 0 Å². The van der Waals surface area contributed by atoms with Crippen LogP contribution in [-0.2, 0) is 14.6 Å². The summed E-state index contributed by atoms with van der Waals surface area (Å²) < 4.78 is 27.3. The third kappa shape index (κ3) is 8.47. The summed E-state index contributed by atoms with van der Waals surface area (Å²) in [6, 6.07) is 0. The summed E-state index contributed by atoms with van der Waals surface area (Å²) in [6.45, 7) is 6.58. The number of sulfone groups is 1. The Balaban J connectivity index is 3.22. The van der Waals surface area contributed by atoms with Crippen molar-refractivity contribution < 1.29 is 13.2 Å². The van der Waals surface area contributed by atoms with Crippen molar-refractivity contribution in [3.05, 3.63) is 0 Å². The van der Waals surface area contributed by atoms with Crippen molar-refractivity contribution in [2.45, 2.75) is 20.3 Å². The summed E-state index contributed by atoms with van der Waals surface area (Å²) in [5.41, 5.74) is 0. The Morgan fingerprint density at radius 2 is 1.93 bits per heavy atom. The molecule has 0 spiro atoms. The Hall–Kier alpha value is -0.130. The fraction of sp³-hybridized carbons (Fsp3) is 1.00. The van der Waals surface area contributed by atoms with Gasteiger partial charge in [-0.1, -0.05) is 6.92 Å². The van der Waals surface area contributed by atoms with Gasteiger partial charge in [-0.05, 0) is 19.9 Å². The zero-order chi connectivity index (χ0) is 10.9. The third-order valence-electron chi connectivity index (χ3n) is 1.88. The second-order valence-corrected chi connectivity index (χ2v) is 5.51. The molecule has 0 heterocycles. The van der Waals surface area contributed by atoms with E-state index in [0.29, 0.717) is 13.0 Å². The zero-order valence-corrected chi connectivity index (χ0v) is 9.90. The molecule has 0 saturated carbocycles. The van der Waals surface area contributed by atoms with Crippen LogP contribution in [-0.4, -0.2) is 46.2 Å². The molecule has 0 rings (SSSR count). The quantitative estimate of drug-likeness (QED) is 0.576. The predicted molar refractivity (Wildman–Crippen MR) is 58.3 cm³/mol. The van der Waals surface area contributed by atoms with Crippen molar-refractivity contribution in [3.8, 4) is 0 Å². The van der Waals surface area contributed by atoms with Gasteiger partial charge >= 0.3 is 0 Å². The highest BCUT2D eigenvalue weighted by Crippen LogP contribution is 1.91. The number of hydrogen-bond acceptors (Lipinski definition) is 4. The van der Waals surface area contributed by atoms with Crippen LogP contribution >= 0.6 is 0 Å². The van der Waals surface area contributed by atoms with Crippen molar-refractivity contribution in [2.24, 2.45) is 0 Å². The molecule has 4 nitrogen and oxygen atoms in total. The molecule has 0 aromatic rings. The maximum atomic E-state index is 11.1. The summed E-state index contributed by atoms with van der Waals surface area (Å²) >= 11 is 0. The first-order chi connectivity index (χ1) is 6.62. The van der Waals surface area contributed by atoms with E-state index in [2.05, 4.69) is 5.32 Å². The van der Waals surface area contributed by atoms with Gasteiger partial charge in [0.2, 0.25) is 0 Å². The Labute approximate surface area is 86.9 Å². The molecule has 0 aromatic carbocycles. The van der Waals surface area contributed by atoms with Gasteiger partial charge in [0.25, 0.3) is 0 Å². The van der Waals surface area contributed by atoms with Gasteiger partial charge in [-0.3, -0.25) is 0 Å². The maximum Gasteiger partial charge on any atom is 0.150 e. The van der Waals surface area contributed by atoms with Gasteiger partial charge in [0.15, 0.2) is 0 Å². The molecule has 0 aliphatic rings. The van der Waals surface area contributed by atoms with Crippen LogP contribution in [0.3, 0.4) is 0 Å². The van der Waals surface area contributed by atoms with Crippen LogP contribution < -0.4 is 5.32 Å². The molecule has 86 valence electrons. The highest BCUT2D eigenvalue weighted by atomic mass is 32.2. The van der Waals surface area contributed by atoms with E-state index in [9.17, 15) is 8.42 Å². The summed E-state index contributed by atoms with van der Waals surface area (Å²) in [5.74, 6) is 0.525. The molecule has 14 heavy (non-hydrogen) atoms. The van der Waals surface area contributed by atoms with E-state index in [1.54, 1.807) is 6.92 Å². The van der Waals surface area contributed by atoms with E-state index in [1.807, 2.05) is 6.92 Å². The Morgan fingerprint density at radius 3 is 2.50 bits per heavy atom. The Morgan fingerprint density at radius 1 is 1.21 bits per heavy atom. The van der Waals surface area contributed by atoms with Crippen molar-refractivity contribution in [1.29, 1.82) is 0 Å². The second kappa shape index (κ2) is 8.20. The van der Waals surface area contributed by atoms with E-state index < -0.39 is 9.84 Å². The van der Waals surface area contributed by atoms with Crippen molar-refractivity contribution in [2.75, 3.05) is 37.8 Å². The minimum atomic E-state index is -2.79. The molecule has 5 heteroatoms. The summed E-state index contributed by atoms with van der Waals surface area (Å²) in [5, 5.41) is 3.13. The third-order valence-corrected chi connectivity index (χ3v) is 3.67. The van der Waals surface area contributed by atoms with Gasteiger partial charge in [-0.15, -0.1) is 0 Å². The Bertz CT molecular complexity index is 214. The molecular weight excluding hydrogens is 202 g/mol. The molecule has 0 amide bonds. The molecule has 0 aromatic heterocycles. The minimum Gasteiger partial charge on any atom is -0.380 e. The molecule has 0 fully saturated rings. The summed E-state index contributed by atoms with van der Waals surface area (Å²) in [4.78, 5) is 0. The van der Waals surface area contributed by atoms with Crippen molar-refractivity contribution >= 4 is 9.84 Å². The first-order valence-electron chi connectivity index (χ1n) is 5.11. The largest absolute Gasteiger partial charge is 0.380 e. The number of rotatable bonds is 9. The molecule has 0 bridgehead atoms. The van der Waals surface area contributed by atoms with Crippen LogP contribution in [0.5, 0.6) is 0 Å². The lowest BCUT2D eigenvalue weighted by Gasteiger charge is -2.04. The first-order valence-corrected chi connectivity index (χ1v) is 6.93. The fourth-order valence-corrected chi connectivity index (χ4v) is 1.85. The lowest BCUT2D eigenvalue weighted by Crippen LogP contribution is -2.23. The topological polar surface area (TPSA) is 55.4 Å². The van der Waals surface area contributed by atoms with Gasteiger partial charge in [0.1, 0.15) is 9.84 Å². The van der Waals surface area contributed by atoms with Crippen LogP contribution in [0, 0.1) is 0 Å². The van der Waals surface area contributed by atoms with Gasteiger partial charge in [0.05, 0.1) is 12.4 Å². The fourth-order valence-electron chi connectivity index (χ4n) is 0.975. The van der Waals surface area contributed by atoms with Crippen molar-refractivity contribution in [3.63, 3.8) is 0 Å². The van der Waals surface area contributed by atoms with Crippen LogP contribution in [0.1, 0.15) is 20.3 Å². The minimum absolute atomic E-state index is 0.242. The molecule has 0 unspecified atom stereocenters. The normalized spacial score (nSPS) is 11.9. The van der Waals surface area contributed by atoms with E-state index in [-0.39, 0.29) is 11.5 Å². The van der Waals surface area contributed by atoms with Gasteiger partial charge in [-0.2, -0.15) is 0 Å². The predicted octanol–water partition coefficient (Wildman–Crippen LogP) is 0.437. The molecular formula is C9H21NO3S. The van der Waals surface area contributed by atoms with Crippen LogP contribution in [0.2, 0.25) is 0 Å². The second-order valence-electron chi connectivity index (χ2n) is 3.04. The number of nitrogens with one attached hydrogen (secondary N) is 1. The van der Waals surface area contributed by atoms with E-state index in [4.69, 9.17) is 4.74 Å². The van der Waals surface area contributed by atoms with Crippen LogP contribution in [0.4, 0.5) is 0 Å². The lowest BCUT2D eigenvalue weighted by atomic mass is 10.5. The number of hydrogen-bond donors (Lipinski definition) is 1. The molecule has 1 N–H and O–H groups in total. The molecule has 0 saturated heterocycles. The summed E-state index contributed by atoms with van der Waals surface area (Å²) in [6.07, 6.45) is 0.683. The first kappa shape index (κ1) is 13.9. The van der Waals surface area contributed by atoms with Gasteiger partial charge < -0.3 is 10.1 Å². The zero-order valence-electron chi connectivity index (χ0n) is 9.08. The monoisotopic (exact) mass is 223 g/mol. The highest BCUT2D eigenvalue weighted by molar-refractivity contribution is 7.91. The Kier molecular flexibility index (Phi) is 8.12. The lowest BCUT2D eigenvalue weighted by molar-refractivity contribution is 0.149. The highest BCUT2D eigenvalue weighted by Gasteiger charge is 2.05. The standard InChI is InChI=1S/C9H21NO3S/c1-3-13-8-7-10-6-5-9-14(11,12)4-2/h10H,3-9H2,1-2H3. The van der Waals surface area contributed by atoms with E-state index in [1.165, 1.54) is 0 Å². The van der Waals surface area contributed by atoms with E-state index >= 15 is 0 Å². The average Bonchev–Trinajstić information content (AvgIpc) is 2.16. The molecule has 0 aliphatic carbocycles. The van der Waals surface area contributed by atoms with Gasteiger partial charge in [-0.25, -0.2) is 8.42 Å².